The van der Waals surface area contributed by atoms with Crippen LogP contribution in [0.2, 0.25) is 0 Å². The molecule has 5 rings (SSSR count). The molecule has 3 aromatic heterocycles. The molecule has 4 N–H and O–H groups in total. The van der Waals surface area contributed by atoms with Gasteiger partial charge in [-0.2, -0.15) is 0 Å². The van der Waals surface area contributed by atoms with Crippen molar-refractivity contribution in [3.05, 3.63) is 71.5 Å². The summed E-state index contributed by atoms with van der Waals surface area (Å²) in [7, 11) is 0. The molecule has 182 valence electrons. The number of nitrogens with zero attached hydrogens (tertiary/aromatic N) is 3. The van der Waals surface area contributed by atoms with E-state index >= 15 is 0 Å². The molecule has 0 atom stereocenters. The molecule has 0 aliphatic carbocycles. The van der Waals surface area contributed by atoms with Gasteiger partial charge in [0, 0.05) is 28.0 Å². The average Bonchev–Trinajstić information content (AvgIpc) is 3.27. The molecule has 1 amide bonds. The molecule has 36 heavy (non-hydrogen) atoms. The Bertz CT molecular complexity index is 1600. The van der Waals surface area contributed by atoms with Crippen molar-refractivity contribution in [1.29, 1.82) is 0 Å². The molecule has 0 radical (unpaired) electrons. The lowest BCUT2D eigenvalue weighted by Crippen LogP contribution is -2.16. The molecule has 2 aromatic carbocycles. The smallest absolute Gasteiger partial charge is 0.406 e. The van der Waals surface area contributed by atoms with Crippen molar-refractivity contribution in [2.45, 2.75) is 13.3 Å². The Balaban J connectivity index is 1.45. The highest BCUT2D eigenvalue weighted by Gasteiger charge is 2.31. The fourth-order valence-electron chi connectivity index (χ4n) is 3.72. The second-order valence-electron chi connectivity index (χ2n) is 7.75. The zero-order valence-electron chi connectivity index (χ0n) is 18.6. The van der Waals surface area contributed by atoms with E-state index in [4.69, 9.17) is 5.73 Å². The van der Waals surface area contributed by atoms with Crippen LogP contribution in [0.1, 0.15) is 15.9 Å². The molecule has 0 aliphatic rings. The number of aryl methyl sites for hydroxylation is 1. The standard InChI is InChI=1S/C24H17F3N6O2S/c1-12-2-7-16-15(18(12)33-23(34)17-10-36-20-19(17)30-11-31-21(20)28)8-9-29-22(16)32-13-3-5-14(6-4-13)35-24(25,26)27/h2-11H,1H3,(H,29,32)(H,33,34)(H2,28,30,31). The average molecular weight is 511 g/mol. The monoisotopic (exact) mass is 510 g/mol. The van der Waals surface area contributed by atoms with Gasteiger partial charge in [0.2, 0.25) is 0 Å². The Morgan fingerprint density at radius 1 is 1.03 bits per heavy atom. The van der Waals surface area contributed by atoms with E-state index in [0.29, 0.717) is 44.2 Å². The van der Waals surface area contributed by atoms with Crippen LogP contribution in [0.3, 0.4) is 0 Å². The van der Waals surface area contributed by atoms with Gasteiger partial charge in [-0.05, 0) is 42.8 Å². The Labute approximate surface area is 206 Å². The van der Waals surface area contributed by atoms with Crippen molar-refractivity contribution in [3.8, 4) is 5.75 Å². The molecule has 0 fully saturated rings. The van der Waals surface area contributed by atoms with Gasteiger partial charge < -0.3 is 21.1 Å². The summed E-state index contributed by atoms with van der Waals surface area (Å²) < 4.78 is 41.8. The first-order valence-electron chi connectivity index (χ1n) is 10.5. The Morgan fingerprint density at radius 3 is 2.56 bits per heavy atom. The first kappa shape index (κ1) is 23.3. The summed E-state index contributed by atoms with van der Waals surface area (Å²) in [4.78, 5) is 25.7. The van der Waals surface area contributed by atoms with Crippen LogP contribution < -0.4 is 21.1 Å². The highest BCUT2D eigenvalue weighted by molar-refractivity contribution is 7.18. The summed E-state index contributed by atoms with van der Waals surface area (Å²) in [5.74, 6) is 0.105. The summed E-state index contributed by atoms with van der Waals surface area (Å²) in [6.07, 6.45) is -1.87. The van der Waals surface area contributed by atoms with Gasteiger partial charge in [0.05, 0.1) is 21.5 Å². The molecule has 0 saturated heterocycles. The molecular formula is C24H17F3N6O2S. The van der Waals surface area contributed by atoms with Crippen LogP contribution >= 0.6 is 11.3 Å². The lowest BCUT2D eigenvalue weighted by Gasteiger charge is -2.15. The second kappa shape index (κ2) is 8.96. The van der Waals surface area contributed by atoms with Crippen molar-refractivity contribution in [3.63, 3.8) is 0 Å². The predicted molar refractivity (Wildman–Crippen MR) is 133 cm³/mol. The Morgan fingerprint density at radius 2 is 1.81 bits per heavy atom. The minimum Gasteiger partial charge on any atom is -0.406 e. The van der Waals surface area contributed by atoms with Crippen molar-refractivity contribution in [2.24, 2.45) is 0 Å². The second-order valence-corrected chi connectivity index (χ2v) is 8.63. The molecular weight excluding hydrogens is 493 g/mol. The topological polar surface area (TPSA) is 115 Å². The van der Waals surface area contributed by atoms with E-state index < -0.39 is 6.36 Å². The maximum Gasteiger partial charge on any atom is 0.573 e. The number of hydrogen-bond donors (Lipinski definition) is 3. The maximum atomic E-state index is 13.2. The third-order valence-corrected chi connectivity index (χ3v) is 6.36. The third kappa shape index (κ3) is 4.58. The predicted octanol–water partition coefficient (Wildman–Crippen LogP) is 6.02. The summed E-state index contributed by atoms with van der Waals surface area (Å²) in [6, 6.07) is 10.8. The minimum absolute atomic E-state index is 0.310. The van der Waals surface area contributed by atoms with Gasteiger partial charge in [0.1, 0.15) is 23.7 Å². The molecule has 8 nitrogen and oxygen atoms in total. The quantitative estimate of drug-likeness (QED) is 0.265. The highest BCUT2D eigenvalue weighted by atomic mass is 32.1. The first-order chi connectivity index (χ1) is 17.2. The van der Waals surface area contributed by atoms with Crippen molar-refractivity contribution in [1.82, 2.24) is 15.0 Å². The molecule has 5 aromatic rings. The number of ether oxygens (including phenoxy) is 1. The summed E-state index contributed by atoms with van der Waals surface area (Å²) >= 11 is 1.29. The molecule has 0 saturated carbocycles. The number of carbonyl (C=O) groups is 1. The Kier molecular flexibility index (Phi) is 5.80. The normalized spacial score (nSPS) is 11.6. The summed E-state index contributed by atoms with van der Waals surface area (Å²) in [5, 5.41) is 9.20. The number of thiophene rings is 1. The van der Waals surface area contributed by atoms with Gasteiger partial charge in [0.15, 0.2) is 0 Å². The number of amides is 1. The number of nitrogen functional groups attached to an aromatic ring is 1. The molecule has 0 aliphatic heterocycles. The van der Waals surface area contributed by atoms with E-state index in [1.54, 1.807) is 17.6 Å². The number of aromatic nitrogens is 3. The number of fused-ring (bicyclic) bond motifs is 2. The van der Waals surface area contributed by atoms with Crippen LogP contribution in [0.5, 0.6) is 5.75 Å². The zero-order valence-corrected chi connectivity index (χ0v) is 19.4. The van der Waals surface area contributed by atoms with Crippen LogP contribution in [0.15, 0.2) is 60.4 Å². The zero-order chi connectivity index (χ0) is 25.4. The number of halogens is 3. The van der Waals surface area contributed by atoms with Crippen LogP contribution in [-0.2, 0) is 0 Å². The molecule has 3 heterocycles. The van der Waals surface area contributed by atoms with Gasteiger partial charge >= 0.3 is 6.36 Å². The first-order valence-corrected chi connectivity index (χ1v) is 11.4. The lowest BCUT2D eigenvalue weighted by molar-refractivity contribution is -0.274. The van der Waals surface area contributed by atoms with Gasteiger partial charge in [-0.25, -0.2) is 15.0 Å². The lowest BCUT2D eigenvalue weighted by atomic mass is 10.0. The van der Waals surface area contributed by atoms with E-state index in [1.807, 2.05) is 19.1 Å². The fraction of sp³-hybridized carbons (Fsp3) is 0.0833. The van der Waals surface area contributed by atoms with Gasteiger partial charge in [-0.3, -0.25) is 4.79 Å². The van der Waals surface area contributed by atoms with Gasteiger partial charge in [-0.15, -0.1) is 24.5 Å². The fourth-order valence-corrected chi connectivity index (χ4v) is 4.62. The van der Waals surface area contributed by atoms with E-state index in [9.17, 15) is 18.0 Å². The number of hydrogen-bond acceptors (Lipinski definition) is 8. The highest BCUT2D eigenvalue weighted by Crippen LogP contribution is 2.34. The Hall–Kier alpha value is -4.45. The number of anilines is 4. The number of alkyl halides is 3. The number of benzene rings is 2. The van der Waals surface area contributed by atoms with Crippen LogP contribution in [-0.4, -0.2) is 27.2 Å². The SMILES string of the molecule is Cc1ccc2c(Nc3ccc(OC(F)(F)F)cc3)nccc2c1NC(=O)c1csc2c(N)ncnc12. The van der Waals surface area contributed by atoms with Crippen LogP contribution in [0, 0.1) is 6.92 Å². The summed E-state index contributed by atoms with van der Waals surface area (Å²) in [5.41, 5.74) is 8.69. The molecule has 0 spiro atoms. The van der Waals surface area contributed by atoms with Gasteiger partial charge in [0.25, 0.3) is 5.91 Å². The largest absolute Gasteiger partial charge is 0.573 e. The molecule has 0 unspecified atom stereocenters. The van der Waals surface area contributed by atoms with Crippen LogP contribution in [0.4, 0.5) is 36.2 Å². The molecule has 0 bridgehead atoms. The number of rotatable bonds is 5. The number of nitrogens with one attached hydrogen (secondary N) is 2. The van der Waals surface area contributed by atoms with E-state index in [1.165, 1.54) is 41.9 Å². The molecule has 12 heteroatoms. The van der Waals surface area contributed by atoms with E-state index in [0.717, 1.165) is 10.9 Å². The number of pyridine rings is 1. The summed E-state index contributed by atoms with van der Waals surface area (Å²) in [6.45, 7) is 1.87. The van der Waals surface area contributed by atoms with Crippen LogP contribution in [0.25, 0.3) is 21.0 Å². The van der Waals surface area contributed by atoms with Crippen molar-refractivity contribution >= 4 is 61.2 Å². The van der Waals surface area contributed by atoms with E-state index in [2.05, 4.69) is 30.3 Å². The van der Waals surface area contributed by atoms with Crippen molar-refractivity contribution in [2.75, 3.05) is 16.4 Å². The maximum absolute atomic E-state index is 13.2. The third-order valence-electron chi connectivity index (χ3n) is 5.37. The van der Waals surface area contributed by atoms with E-state index in [-0.39, 0.29) is 11.7 Å². The van der Waals surface area contributed by atoms with Gasteiger partial charge in [-0.1, -0.05) is 12.1 Å². The minimum atomic E-state index is -4.76. The van der Waals surface area contributed by atoms with Crippen molar-refractivity contribution < 1.29 is 22.7 Å². The number of nitrogens with two attached hydrogens (primary N) is 1. The number of carbonyl (C=O) groups excluding carboxylic acids is 1.